The van der Waals surface area contributed by atoms with Crippen molar-refractivity contribution in [2.45, 2.75) is 32.0 Å². The zero-order chi connectivity index (χ0) is 15.1. The van der Waals surface area contributed by atoms with Crippen molar-refractivity contribution in [3.05, 3.63) is 29.3 Å². The SMILES string of the molecule is Cc1ccc(C#N)cc1NCC(O)COCC1CCCO1. The minimum Gasteiger partial charge on any atom is -0.389 e. The number of nitrogens with one attached hydrogen (secondary N) is 1. The smallest absolute Gasteiger partial charge is 0.0992 e. The summed E-state index contributed by atoms with van der Waals surface area (Å²) in [4.78, 5) is 0. The molecule has 2 atom stereocenters. The normalized spacial score (nSPS) is 19.2. The highest BCUT2D eigenvalue weighted by Crippen LogP contribution is 2.16. The molecule has 1 aliphatic heterocycles. The Kier molecular flexibility index (Phi) is 6.00. The summed E-state index contributed by atoms with van der Waals surface area (Å²) < 4.78 is 10.9. The third-order valence-electron chi connectivity index (χ3n) is 3.53. The maximum absolute atomic E-state index is 9.91. The van der Waals surface area contributed by atoms with Crippen molar-refractivity contribution >= 4 is 5.69 Å². The molecule has 2 rings (SSSR count). The van der Waals surface area contributed by atoms with Gasteiger partial charge < -0.3 is 19.9 Å². The number of ether oxygens (including phenoxy) is 2. The van der Waals surface area contributed by atoms with Crippen molar-refractivity contribution in [3.8, 4) is 6.07 Å². The summed E-state index contributed by atoms with van der Waals surface area (Å²) in [5.74, 6) is 0. The Morgan fingerprint density at radius 3 is 3.14 bits per heavy atom. The Hall–Kier alpha value is -1.61. The molecule has 1 aliphatic rings. The Bertz CT molecular complexity index is 493. The molecule has 0 amide bonds. The van der Waals surface area contributed by atoms with Crippen molar-refractivity contribution < 1.29 is 14.6 Å². The highest BCUT2D eigenvalue weighted by molar-refractivity contribution is 5.55. The molecule has 0 radical (unpaired) electrons. The first-order valence-electron chi connectivity index (χ1n) is 7.31. The molecule has 5 heteroatoms. The van der Waals surface area contributed by atoms with Crippen LogP contribution < -0.4 is 5.32 Å². The topological polar surface area (TPSA) is 74.5 Å². The molecular weight excluding hydrogens is 268 g/mol. The van der Waals surface area contributed by atoms with Gasteiger partial charge >= 0.3 is 0 Å². The molecular formula is C16H22N2O3. The van der Waals surface area contributed by atoms with Crippen LogP contribution in [0.2, 0.25) is 0 Å². The van der Waals surface area contributed by atoms with Crippen LogP contribution in [0.25, 0.3) is 0 Å². The number of hydrogen-bond donors (Lipinski definition) is 2. The van der Waals surface area contributed by atoms with Gasteiger partial charge in [-0.05, 0) is 37.5 Å². The summed E-state index contributed by atoms with van der Waals surface area (Å²) in [6.45, 7) is 3.99. The van der Waals surface area contributed by atoms with Gasteiger partial charge in [0, 0.05) is 18.8 Å². The van der Waals surface area contributed by atoms with Crippen LogP contribution in [-0.2, 0) is 9.47 Å². The van der Waals surface area contributed by atoms with Crippen LogP contribution >= 0.6 is 0 Å². The lowest BCUT2D eigenvalue weighted by Crippen LogP contribution is -2.27. The van der Waals surface area contributed by atoms with Crippen LogP contribution in [-0.4, -0.2) is 43.7 Å². The maximum atomic E-state index is 9.91. The Balaban J connectivity index is 1.70. The standard InChI is InChI=1S/C16H22N2O3/c1-12-4-5-13(8-17)7-16(12)18-9-14(19)10-20-11-15-3-2-6-21-15/h4-5,7,14-15,18-19H,2-3,6,9-11H2,1H3. The lowest BCUT2D eigenvalue weighted by Gasteiger charge is -2.16. The van der Waals surface area contributed by atoms with Gasteiger partial charge in [-0.25, -0.2) is 0 Å². The van der Waals surface area contributed by atoms with Gasteiger partial charge in [0.2, 0.25) is 0 Å². The molecule has 1 aromatic carbocycles. The Morgan fingerprint density at radius 2 is 2.43 bits per heavy atom. The highest BCUT2D eigenvalue weighted by atomic mass is 16.5. The molecule has 2 N–H and O–H groups in total. The fourth-order valence-corrected chi connectivity index (χ4v) is 2.28. The molecule has 0 aliphatic carbocycles. The number of aryl methyl sites for hydroxylation is 1. The molecule has 0 aromatic heterocycles. The summed E-state index contributed by atoms with van der Waals surface area (Å²) in [5.41, 5.74) is 2.51. The third-order valence-corrected chi connectivity index (χ3v) is 3.53. The van der Waals surface area contributed by atoms with E-state index in [9.17, 15) is 5.11 Å². The van der Waals surface area contributed by atoms with E-state index in [0.29, 0.717) is 18.7 Å². The molecule has 5 nitrogen and oxygen atoms in total. The van der Waals surface area contributed by atoms with Crippen molar-refractivity contribution in [3.63, 3.8) is 0 Å². The summed E-state index contributed by atoms with van der Waals surface area (Å²) in [7, 11) is 0. The molecule has 1 heterocycles. The fourth-order valence-electron chi connectivity index (χ4n) is 2.28. The van der Waals surface area contributed by atoms with Crippen LogP contribution in [0.15, 0.2) is 18.2 Å². The molecule has 1 fully saturated rings. The molecule has 1 aromatic rings. The second-order valence-electron chi connectivity index (χ2n) is 5.35. The average Bonchev–Trinajstić information content (AvgIpc) is 3.00. The Labute approximate surface area is 125 Å². The summed E-state index contributed by atoms with van der Waals surface area (Å²) in [6, 6.07) is 7.56. The zero-order valence-corrected chi connectivity index (χ0v) is 12.3. The maximum Gasteiger partial charge on any atom is 0.0992 e. The van der Waals surface area contributed by atoms with E-state index in [4.69, 9.17) is 14.7 Å². The molecule has 0 saturated carbocycles. The van der Waals surface area contributed by atoms with E-state index in [0.717, 1.165) is 30.7 Å². The van der Waals surface area contributed by atoms with E-state index < -0.39 is 6.10 Å². The predicted octanol–water partition coefficient (Wildman–Crippen LogP) is 1.84. The first-order valence-corrected chi connectivity index (χ1v) is 7.31. The van der Waals surface area contributed by atoms with Crippen molar-refractivity contribution in [1.82, 2.24) is 0 Å². The number of benzene rings is 1. The van der Waals surface area contributed by atoms with Gasteiger partial charge in [0.25, 0.3) is 0 Å². The van der Waals surface area contributed by atoms with Crippen LogP contribution in [0.4, 0.5) is 5.69 Å². The monoisotopic (exact) mass is 290 g/mol. The van der Waals surface area contributed by atoms with Gasteiger partial charge in [-0.3, -0.25) is 0 Å². The lowest BCUT2D eigenvalue weighted by molar-refractivity contribution is -0.0137. The van der Waals surface area contributed by atoms with Crippen molar-refractivity contribution in [1.29, 1.82) is 5.26 Å². The highest BCUT2D eigenvalue weighted by Gasteiger charge is 2.16. The average molecular weight is 290 g/mol. The quantitative estimate of drug-likeness (QED) is 0.801. The largest absolute Gasteiger partial charge is 0.389 e. The second kappa shape index (κ2) is 7.99. The van der Waals surface area contributed by atoms with Gasteiger partial charge in [0.05, 0.1) is 37.1 Å². The van der Waals surface area contributed by atoms with Crippen LogP contribution in [0.1, 0.15) is 24.0 Å². The number of hydrogen-bond acceptors (Lipinski definition) is 5. The second-order valence-corrected chi connectivity index (χ2v) is 5.35. The molecule has 1 saturated heterocycles. The minimum absolute atomic E-state index is 0.180. The molecule has 0 spiro atoms. The van der Waals surface area contributed by atoms with Crippen LogP contribution in [0.3, 0.4) is 0 Å². The summed E-state index contributed by atoms with van der Waals surface area (Å²) in [5, 5.41) is 22.0. The third kappa shape index (κ3) is 5.01. The first-order chi connectivity index (χ1) is 10.2. The van der Waals surface area contributed by atoms with Crippen molar-refractivity contribution in [2.24, 2.45) is 0 Å². The molecule has 114 valence electrons. The van der Waals surface area contributed by atoms with Gasteiger partial charge in [-0.1, -0.05) is 6.07 Å². The number of nitrogens with zero attached hydrogens (tertiary/aromatic N) is 1. The van der Waals surface area contributed by atoms with Gasteiger partial charge in [0.1, 0.15) is 0 Å². The van der Waals surface area contributed by atoms with Gasteiger partial charge in [-0.15, -0.1) is 0 Å². The number of aliphatic hydroxyl groups excluding tert-OH is 1. The molecule has 2 unspecified atom stereocenters. The predicted molar refractivity (Wildman–Crippen MR) is 80.2 cm³/mol. The van der Waals surface area contributed by atoms with E-state index >= 15 is 0 Å². The molecule has 0 bridgehead atoms. The minimum atomic E-state index is -0.587. The van der Waals surface area contributed by atoms with Gasteiger partial charge in [0.15, 0.2) is 0 Å². The fraction of sp³-hybridized carbons (Fsp3) is 0.562. The lowest BCUT2D eigenvalue weighted by atomic mass is 10.1. The van der Waals surface area contributed by atoms with Crippen LogP contribution in [0.5, 0.6) is 0 Å². The van der Waals surface area contributed by atoms with Crippen molar-refractivity contribution in [2.75, 3.05) is 31.7 Å². The summed E-state index contributed by atoms with van der Waals surface area (Å²) in [6.07, 6.45) is 1.72. The number of nitriles is 1. The zero-order valence-electron chi connectivity index (χ0n) is 12.3. The Morgan fingerprint density at radius 1 is 1.57 bits per heavy atom. The number of rotatable bonds is 7. The van der Waals surface area contributed by atoms with E-state index in [1.807, 2.05) is 13.0 Å². The number of aliphatic hydroxyl groups is 1. The number of anilines is 1. The van der Waals surface area contributed by atoms with E-state index in [2.05, 4.69) is 11.4 Å². The van der Waals surface area contributed by atoms with E-state index in [-0.39, 0.29) is 12.7 Å². The van der Waals surface area contributed by atoms with Crippen LogP contribution in [0, 0.1) is 18.3 Å². The van der Waals surface area contributed by atoms with E-state index in [1.165, 1.54) is 0 Å². The van der Waals surface area contributed by atoms with E-state index in [1.54, 1.807) is 12.1 Å². The van der Waals surface area contributed by atoms with Gasteiger partial charge in [-0.2, -0.15) is 5.26 Å². The summed E-state index contributed by atoms with van der Waals surface area (Å²) >= 11 is 0. The molecule has 21 heavy (non-hydrogen) atoms. The first kappa shape index (κ1) is 15.8.